The summed E-state index contributed by atoms with van der Waals surface area (Å²) in [5.74, 6) is 1.11. The highest BCUT2D eigenvalue weighted by atomic mass is 32.2. The number of carbonyl (C=O) groups is 1. The Morgan fingerprint density at radius 2 is 2.20 bits per heavy atom. The molecule has 0 aromatic carbocycles. The Bertz CT molecular complexity index is 221. The standard InChI is InChI=1S/C9H19N3O2S/c1-3-12(6-4-8(10)11-14)9(13)5-7-15-2/h14H,3-7H2,1-2H3,(H2,10,11). The first-order valence-corrected chi connectivity index (χ1v) is 6.28. The van der Waals surface area contributed by atoms with Gasteiger partial charge in [-0.25, -0.2) is 0 Å². The SMILES string of the molecule is CCN(CCC(N)=NO)C(=O)CCSC. The van der Waals surface area contributed by atoms with E-state index in [0.29, 0.717) is 25.9 Å². The largest absolute Gasteiger partial charge is 0.409 e. The number of thioether (sulfide) groups is 1. The van der Waals surface area contributed by atoms with Crippen molar-refractivity contribution in [2.75, 3.05) is 25.1 Å². The van der Waals surface area contributed by atoms with Crippen LogP contribution in [0.5, 0.6) is 0 Å². The number of oxime groups is 1. The molecule has 5 nitrogen and oxygen atoms in total. The lowest BCUT2D eigenvalue weighted by Gasteiger charge is -2.20. The molecular weight excluding hydrogens is 214 g/mol. The van der Waals surface area contributed by atoms with Gasteiger partial charge in [0.25, 0.3) is 0 Å². The number of hydrogen-bond donors (Lipinski definition) is 2. The van der Waals surface area contributed by atoms with Crippen molar-refractivity contribution in [1.82, 2.24) is 4.90 Å². The topological polar surface area (TPSA) is 78.9 Å². The van der Waals surface area contributed by atoms with E-state index in [-0.39, 0.29) is 11.7 Å². The average Bonchev–Trinajstić information content (AvgIpc) is 2.26. The van der Waals surface area contributed by atoms with Gasteiger partial charge >= 0.3 is 0 Å². The second-order valence-electron chi connectivity index (χ2n) is 3.06. The highest BCUT2D eigenvalue weighted by Gasteiger charge is 2.11. The van der Waals surface area contributed by atoms with Crippen LogP contribution >= 0.6 is 11.8 Å². The number of hydrogen-bond acceptors (Lipinski definition) is 4. The van der Waals surface area contributed by atoms with Crippen LogP contribution in [-0.4, -0.2) is 46.9 Å². The first-order chi connectivity index (χ1) is 7.15. The Balaban J connectivity index is 3.95. The molecule has 0 unspecified atom stereocenters. The molecule has 0 bridgehead atoms. The molecule has 3 N–H and O–H groups in total. The molecule has 0 atom stereocenters. The molecule has 0 aliphatic heterocycles. The van der Waals surface area contributed by atoms with Crippen LogP contribution in [0, 0.1) is 0 Å². The number of nitrogens with two attached hydrogens (primary N) is 1. The van der Waals surface area contributed by atoms with Crippen molar-refractivity contribution in [3.05, 3.63) is 0 Å². The second kappa shape index (κ2) is 8.40. The Labute approximate surface area is 94.7 Å². The molecule has 6 heteroatoms. The maximum Gasteiger partial charge on any atom is 0.223 e. The first kappa shape index (κ1) is 14.1. The quantitative estimate of drug-likeness (QED) is 0.294. The molecule has 0 aliphatic carbocycles. The Hall–Kier alpha value is -0.910. The van der Waals surface area contributed by atoms with Crippen LogP contribution in [0.25, 0.3) is 0 Å². The summed E-state index contributed by atoms with van der Waals surface area (Å²) in [6.45, 7) is 3.09. The van der Waals surface area contributed by atoms with E-state index < -0.39 is 0 Å². The van der Waals surface area contributed by atoms with Gasteiger partial charge in [0.1, 0.15) is 5.84 Å². The summed E-state index contributed by atoms with van der Waals surface area (Å²) in [4.78, 5) is 13.3. The van der Waals surface area contributed by atoms with Crippen molar-refractivity contribution in [3.8, 4) is 0 Å². The minimum Gasteiger partial charge on any atom is -0.409 e. The van der Waals surface area contributed by atoms with Crippen molar-refractivity contribution in [2.45, 2.75) is 19.8 Å². The van der Waals surface area contributed by atoms with Gasteiger partial charge in [0, 0.05) is 31.7 Å². The van der Waals surface area contributed by atoms with Crippen molar-refractivity contribution in [1.29, 1.82) is 0 Å². The van der Waals surface area contributed by atoms with Crippen LogP contribution in [0.15, 0.2) is 5.16 Å². The van der Waals surface area contributed by atoms with Crippen molar-refractivity contribution in [3.63, 3.8) is 0 Å². The van der Waals surface area contributed by atoms with Crippen LogP contribution in [0.4, 0.5) is 0 Å². The van der Waals surface area contributed by atoms with Gasteiger partial charge < -0.3 is 15.8 Å². The zero-order chi connectivity index (χ0) is 11.7. The molecular formula is C9H19N3O2S. The summed E-state index contributed by atoms with van der Waals surface area (Å²) in [6.07, 6.45) is 2.93. The minimum absolute atomic E-state index is 0.123. The van der Waals surface area contributed by atoms with Gasteiger partial charge in [0.05, 0.1) is 0 Å². The van der Waals surface area contributed by atoms with Gasteiger partial charge in [0.2, 0.25) is 5.91 Å². The second-order valence-corrected chi connectivity index (χ2v) is 4.04. The molecule has 15 heavy (non-hydrogen) atoms. The summed E-state index contributed by atoms with van der Waals surface area (Å²) in [5.41, 5.74) is 5.33. The molecule has 0 aromatic heterocycles. The summed E-state index contributed by atoms with van der Waals surface area (Å²) in [6, 6.07) is 0. The van der Waals surface area contributed by atoms with E-state index in [0.717, 1.165) is 5.75 Å². The van der Waals surface area contributed by atoms with E-state index in [1.807, 2.05) is 13.2 Å². The predicted molar refractivity (Wildman–Crippen MR) is 63.3 cm³/mol. The summed E-state index contributed by atoms with van der Waals surface area (Å²) in [5, 5.41) is 11.2. The lowest BCUT2D eigenvalue weighted by Crippen LogP contribution is -2.34. The van der Waals surface area contributed by atoms with Crippen LogP contribution in [0.3, 0.4) is 0 Å². The van der Waals surface area contributed by atoms with Gasteiger partial charge in [-0.2, -0.15) is 11.8 Å². The molecule has 0 saturated heterocycles. The monoisotopic (exact) mass is 233 g/mol. The lowest BCUT2D eigenvalue weighted by molar-refractivity contribution is -0.130. The maximum atomic E-state index is 11.6. The van der Waals surface area contributed by atoms with Crippen LogP contribution in [-0.2, 0) is 4.79 Å². The fraction of sp³-hybridized carbons (Fsp3) is 0.778. The molecule has 0 saturated carbocycles. The predicted octanol–water partition coefficient (Wildman–Crippen LogP) is 0.724. The van der Waals surface area contributed by atoms with Gasteiger partial charge in [-0.1, -0.05) is 5.16 Å². The highest BCUT2D eigenvalue weighted by molar-refractivity contribution is 7.98. The number of nitrogens with zero attached hydrogens (tertiary/aromatic N) is 2. The van der Waals surface area contributed by atoms with E-state index in [1.54, 1.807) is 16.7 Å². The third-order valence-corrected chi connectivity index (χ3v) is 2.63. The van der Waals surface area contributed by atoms with E-state index in [9.17, 15) is 4.79 Å². The fourth-order valence-corrected chi connectivity index (χ4v) is 1.48. The van der Waals surface area contributed by atoms with E-state index in [1.165, 1.54) is 0 Å². The Morgan fingerprint density at radius 1 is 1.53 bits per heavy atom. The van der Waals surface area contributed by atoms with E-state index in [2.05, 4.69) is 5.16 Å². The number of amides is 1. The Kier molecular flexibility index (Phi) is 7.89. The zero-order valence-corrected chi connectivity index (χ0v) is 10.1. The van der Waals surface area contributed by atoms with Gasteiger partial charge in [0.15, 0.2) is 0 Å². The number of carbonyl (C=O) groups excluding carboxylic acids is 1. The molecule has 0 rings (SSSR count). The van der Waals surface area contributed by atoms with Crippen molar-refractivity contribution >= 4 is 23.5 Å². The molecule has 0 aromatic rings. The smallest absolute Gasteiger partial charge is 0.223 e. The van der Waals surface area contributed by atoms with Gasteiger partial charge in [-0.05, 0) is 13.2 Å². The van der Waals surface area contributed by atoms with E-state index >= 15 is 0 Å². The summed E-state index contributed by atoms with van der Waals surface area (Å²) < 4.78 is 0. The molecule has 0 fully saturated rings. The average molecular weight is 233 g/mol. The Morgan fingerprint density at radius 3 is 2.67 bits per heavy atom. The maximum absolute atomic E-state index is 11.6. The molecule has 0 heterocycles. The molecule has 88 valence electrons. The fourth-order valence-electron chi connectivity index (χ4n) is 1.11. The first-order valence-electron chi connectivity index (χ1n) is 4.88. The van der Waals surface area contributed by atoms with Crippen molar-refractivity contribution < 1.29 is 10.0 Å². The van der Waals surface area contributed by atoms with Gasteiger partial charge in [-0.15, -0.1) is 0 Å². The third-order valence-electron chi connectivity index (χ3n) is 2.02. The van der Waals surface area contributed by atoms with Crippen molar-refractivity contribution in [2.24, 2.45) is 10.9 Å². The summed E-state index contributed by atoms with van der Waals surface area (Å²) >= 11 is 1.65. The van der Waals surface area contributed by atoms with Gasteiger partial charge in [-0.3, -0.25) is 4.79 Å². The molecule has 0 radical (unpaired) electrons. The summed E-state index contributed by atoms with van der Waals surface area (Å²) in [7, 11) is 0. The normalized spacial score (nSPS) is 11.5. The van der Waals surface area contributed by atoms with E-state index in [4.69, 9.17) is 10.9 Å². The highest BCUT2D eigenvalue weighted by Crippen LogP contribution is 2.01. The molecule has 0 spiro atoms. The minimum atomic E-state index is 0.123. The third kappa shape index (κ3) is 6.22. The van der Waals surface area contributed by atoms with Crippen LogP contribution in [0.2, 0.25) is 0 Å². The molecule has 1 amide bonds. The number of amidine groups is 1. The molecule has 0 aliphatic rings. The van der Waals surface area contributed by atoms with Crippen LogP contribution < -0.4 is 5.73 Å². The van der Waals surface area contributed by atoms with Crippen LogP contribution in [0.1, 0.15) is 19.8 Å². The lowest BCUT2D eigenvalue weighted by atomic mass is 10.3. The number of rotatable bonds is 7. The zero-order valence-electron chi connectivity index (χ0n) is 9.27.